The first-order chi connectivity index (χ1) is 13.6. The van der Waals surface area contributed by atoms with Crippen LogP contribution in [-0.2, 0) is 21.4 Å². The second-order valence-electron chi connectivity index (χ2n) is 8.29. The highest BCUT2D eigenvalue weighted by Crippen LogP contribution is 2.26. The highest BCUT2D eigenvalue weighted by Gasteiger charge is 2.22. The number of hydrogen-bond donors (Lipinski definition) is 1. The summed E-state index contributed by atoms with van der Waals surface area (Å²) in [6.45, 7) is 10.1. The number of carbonyl (C=O) groups excluding carboxylic acids is 2. The molecule has 0 fully saturated rings. The van der Waals surface area contributed by atoms with E-state index < -0.39 is 6.10 Å². The first kappa shape index (κ1) is 22.5. The molecule has 0 aliphatic rings. The Balaban J connectivity index is 1.96. The quantitative estimate of drug-likeness (QED) is 0.754. The van der Waals surface area contributed by atoms with Gasteiger partial charge in [0.05, 0.1) is 6.54 Å². The summed E-state index contributed by atoms with van der Waals surface area (Å²) in [6, 6.07) is 15.4. The number of benzene rings is 2. The summed E-state index contributed by atoms with van der Waals surface area (Å²) >= 11 is 0. The molecule has 0 aliphatic carbocycles. The molecule has 0 aromatic heterocycles. The van der Waals surface area contributed by atoms with Crippen LogP contribution < -0.4 is 10.1 Å². The summed E-state index contributed by atoms with van der Waals surface area (Å²) < 4.78 is 5.85. The number of nitrogens with zero attached hydrogens (tertiary/aromatic N) is 1. The maximum Gasteiger partial charge on any atom is 0.263 e. The number of amides is 2. The molecule has 29 heavy (non-hydrogen) atoms. The number of para-hydroxylation sites is 1. The smallest absolute Gasteiger partial charge is 0.263 e. The van der Waals surface area contributed by atoms with Gasteiger partial charge in [-0.2, -0.15) is 0 Å². The van der Waals surface area contributed by atoms with Crippen LogP contribution in [-0.4, -0.2) is 36.4 Å². The van der Waals surface area contributed by atoms with Crippen molar-refractivity contribution in [3.8, 4) is 5.75 Å². The van der Waals surface area contributed by atoms with Gasteiger partial charge in [-0.1, -0.05) is 58.0 Å². The molecule has 0 heterocycles. The lowest BCUT2D eigenvalue weighted by atomic mass is 9.87. The molecule has 1 unspecified atom stereocenters. The fourth-order valence-electron chi connectivity index (χ4n) is 3.03. The zero-order valence-electron chi connectivity index (χ0n) is 18.3. The largest absolute Gasteiger partial charge is 0.481 e. The van der Waals surface area contributed by atoms with Gasteiger partial charge >= 0.3 is 0 Å². The Morgan fingerprint density at radius 3 is 2.45 bits per heavy atom. The van der Waals surface area contributed by atoms with E-state index in [4.69, 9.17) is 4.74 Å². The van der Waals surface area contributed by atoms with Crippen molar-refractivity contribution in [1.82, 2.24) is 4.90 Å². The molecule has 0 saturated heterocycles. The third kappa shape index (κ3) is 6.34. The fraction of sp³-hybridized carbons (Fsp3) is 0.417. The highest BCUT2D eigenvalue weighted by atomic mass is 16.5. The van der Waals surface area contributed by atoms with Crippen LogP contribution in [0.1, 0.15) is 45.7 Å². The van der Waals surface area contributed by atoms with Gasteiger partial charge in [-0.25, -0.2) is 0 Å². The first-order valence-corrected chi connectivity index (χ1v) is 10.0. The topological polar surface area (TPSA) is 58.6 Å². The van der Waals surface area contributed by atoms with Crippen molar-refractivity contribution < 1.29 is 14.3 Å². The zero-order chi connectivity index (χ0) is 21.6. The molecule has 156 valence electrons. The van der Waals surface area contributed by atoms with Crippen LogP contribution in [0.5, 0.6) is 5.75 Å². The van der Waals surface area contributed by atoms with E-state index in [9.17, 15) is 9.59 Å². The lowest BCUT2D eigenvalue weighted by Gasteiger charge is -2.23. The number of carbonyl (C=O) groups is 2. The van der Waals surface area contributed by atoms with Crippen LogP contribution >= 0.6 is 0 Å². The Kier molecular flexibility index (Phi) is 7.43. The van der Waals surface area contributed by atoms with Crippen LogP contribution in [0.4, 0.5) is 5.69 Å². The van der Waals surface area contributed by atoms with E-state index in [1.165, 1.54) is 4.90 Å². The van der Waals surface area contributed by atoms with Crippen LogP contribution in [0, 0.1) is 0 Å². The summed E-state index contributed by atoms with van der Waals surface area (Å²) in [7, 11) is 1.61. The Labute approximate surface area is 174 Å². The molecule has 0 spiro atoms. The molecule has 5 heteroatoms. The summed E-state index contributed by atoms with van der Waals surface area (Å²) in [5.41, 5.74) is 2.97. The van der Waals surface area contributed by atoms with Gasteiger partial charge in [-0.15, -0.1) is 0 Å². The Hall–Kier alpha value is -2.82. The molecule has 0 saturated carbocycles. The first-order valence-electron chi connectivity index (χ1n) is 10.0. The van der Waals surface area contributed by atoms with Crippen LogP contribution in [0.2, 0.25) is 0 Å². The zero-order valence-corrected chi connectivity index (χ0v) is 18.3. The number of likely N-dealkylation sites (N-methyl/N-ethyl adjacent to an activating group) is 1. The second kappa shape index (κ2) is 9.59. The molecule has 1 atom stereocenters. The van der Waals surface area contributed by atoms with Crippen molar-refractivity contribution in [3.63, 3.8) is 0 Å². The average Bonchev–Trinajstić information content (AvgIpc) is 2.67. The van der Waals surface area contributed by atoms with Crippen molar-refractivity contribution in [2.24, 2.45) is 0 Å². The van der Waals surface area contributed by atoms with Crippen LogP contribution in [0.25, 0.3) is 0 Å². The van der Waals surface area contributed by atoms with E-state index in [1.54, 1.807) is 14.0 Å². The normalized spacial score (nSPS) is 12.2. The van der Waals surface area contributed by atoms with Crippen LogP contribution in [0.15, 0.2) is 48.5 Å². The Bertz CT molecular complexity index is 855. The monoisotopic (exact) mass is 396 g/mol. The molecular formula is C24H32N2O3. The fourth-order valence-corrected chi connectivity index (χ4v) is 3.03. The molecule has 0 bridgehead atoms. The number of hydrogen-bond acceptors (Lipinski definition) is 3. The summed E-state index contributed by atoms with van der Waals surface area (Å²) in [5.74, 6) is 0.168. The minimum Gasteiger partial charge on any atom is -0.481 e. The van der Waals surface area contributed by atoms with Crippen molar-refractivity contribution in [1.29, 1.82) is 0 Å². The molecule has 2 rings (SSSR count). The summed E-state index contributed by atoms with van der Waals surface area (Å²) in [4.78, 5) is 26.4. The second-order valence-corrected chi connectivity index (χ2v) is 8.29. The number of anilines is 1. The minimum absolute atomic E-state index is 0.00369. The maximum absolute atomic E-state index is 12.7. The standard InChI is InChI=1S/C24H32N2O3/c1-7-18-11-8-9-14-21(18)25-22(27)16-26(6)23(28)17(2)29-20-13-10-12-19(15-20)24(3,4)5/h8-15,17H,7,16H2,1-6H3,(H,25,27). The van der Waals surface area contributed by atoms with Gasteiger partial charge < -0.3 is 15.0 Å². The van der Waals surface area contributed by atoms with E-state index >= 15 is 0 Å². The van der Waals surface area contributed by atoms with Gasteiger partial charge in [-0.05, 0) is 48.1 Å². The van der Waals surface area contributed by atoms with Gasteiger partial charge in [0.2, 0.25) is 5.91 Å². The Morgan fingerprint density at radius 1 is 1.10 bits per heavy atom. The van der Waals surface area contributed by atoms with E-state index in [0.717, 1.165) is 23.2 Å². The minimum atomic E-state index is -0.689. The number of ether oxygens (including phenoxy) is 1. The van der Waals surface area contributed by atoms with Gasteiger partial charge in [0.15, 0.2) is 6.10 Å². The molecule has 1 N–H and O–H groups in total. The van der Waals surface area contributed by atoms with E-state index in [-0.39, 0.29) is 23.8 Å². The van der Waals surface area contributed by atoms with Gasteiger partial charge in [0.25, 0.3) is 5.91 Å². The van der Waals surface area contributed by atoms with Gasteiger partial charge in [0.1, 0.15) is 5.75 Å². The number of aryl methyl sites for hydroxylation is 1. The van der Waals surface area contributed by atoms with E-state index in [2.05, 4.69) is 26.1 Å². The van der Waals surface area contributed by atoms with E-state index in [0.29, 0.717) is 5.75 Å². The predicted octanol–water partition coefficient (Wildman–Crippen LogP) is 4.41. The Morgan fingerprint density at radius 2 is 1.79 bits per heavy atom. The van der Waals surface area contributed by atoms with Gasteiger partial charge in [0, 0.05) is 12.7 Å². The molecule has 2 aromatic rings. The lowest BCUT2D eigenvalue weighted by Crippen LogP contribution is -2.42. The SMILES string of the molecule is CCc1ccccc1NC(=O)CN(C)C(=O)C(C)Oc1cccc(C(C)(C)C)c1. The molecule has 2 amide bonds. The molecule has 5 nitrogen and oxygen atoms in total. The molecular weight excluding hydrogens is 364 g/mol. The summed E-state index contributed by atoms with van der Waals surface area (Å²) in [6.07, 6.45) is 0.134. The third-order valence-corrected chi connectivity index (χ3v) is 4.79. The van der Waals surface area contributed by atoms with Crippen molar-refractivity contribution in [2.75, 3.05) is 18.9 Å². The third-order valence-electron chi connectivity index (χ3n) is 4.79. The van der Waals surface area contributed by atoms with Crippen molar-refractivity contribution in [2.45, 2.75) is 52.6 Å². The summed E-state index contributed by atoms with van der Waals surface area (Å²) in [5, 5.41) is 2.89. The number of rotatable bonds is 7. The van der Waals surface area contributed by atoms with Crippen LogP contribution in [0.3, 0.4) is 0 Å². The molecule has 2 aromatic carbocycles. The average molecular weight is 397 g/mol. The van der Waals surface area contributed by atoms with E-state index in [1.807, 2.05) is 55.5 Å². The maximum atomic E-state index is 12.7. The lowest BCUT2D eigenvalue weighted by molar-refractivity contribution is -0.139. The van der Waals surface area contributed by atoms with Crippen molar-refractivity contribution >= 4 is 17.5 Å². The predicted molar refractivity (Wildman–Crippen MR) is 117 cm³/mol. The van der Waals surface area contributed by atoms with Crippen molar-refractivity contribution in [3.05, 3.63) is 59.7 Å². The molecule has 0 radical (unpaired) electrons. The molecule has 0 aliphatic heterocycles. The highest BCUT2D eigenvalue weighted by molar-refractivity contribution is 5.95. The van der Waals surface area contributed by atoms with Gasteiger partial charge in [-0.3, -0.25) is 9.59 Å². The number of nitrogens with one attached hydrogen (secondary N) is 1.